The van der Waals surface area contributed by atoms with E-state index >= 15 is 0 Å². The molecule has 30 heavy (non-hydrogen) atoms. The molecule has 8 heteroatoms. The number of amidine groups is 1. The van der Waals surface area contributed by atoms with E-state index in [0.29, 0.717) is 23.1 Å². The Morgan fingerprint density at radius 2 is 1.80 bits per heavy atom. The minimum Gasteiger partial charge on any atom is -0.497 e. The Kier molecular flexibility index (Phi) is 7.35. The van der Waals surface area contributed by atoms with Crippen LogP contribution in [0.3, 0.4) is 0 Å². The molecule has 0 bridgehead atoms. The molecular weight excluding hydrogens is 402 g/mol. The van der Waals surface area contributed by atoms with Crippen molar-refractivity contribution in [2.24, 2.45) is 4.99 Å². The molecule has 158 valence electrons. The molecule has 2 aromatic carbocycles. The Balaban J connectivity index is 1.58. The number of hydrogen-bond donors (Lipinski definition) is 1. The summed E-state index contributed by atoms with van der Waals surface area (Å²) in [5.41, 5.74) is 1.38. The monoisotopic (exact) mass is 427 g/mol. The molecule has 1 aliphatic heterocycles. The summed E-state index contributed by atoms with van der Waals surface area (Å²) in [6.45, 7) is 2.70. The molecule has 1 aliphatic rings. The molecule has 0 saturated carbocycles. The smallest absolute Gasteiger partial charge is 0.242 e. The fourth-order valence-corrected chi connectivity index (χ4v) is 3.95. The summed E-state index contributed by atoms with van der Waals surface area (Å²) < 4.78 is 10.7. The van der Waals surface area contributed by atoms with Gasteiger partial charge < -0.3 is 14.8 Å². The minimum absolute atomic E-state index is 0.0730. The molecule has 3 rings (SSSR count). The normalized spacial score (nSPS) is 17.3. The number of carbonyl (C=O) groups excluding carboxylic acids is 2. The van der Waals surface area contributed by atoms with Crippen molar-refractivity contribution in [2.75, 3.05) is 26.1 Å². The van der Waals surface area contributed by atoms with Crippen molar-refractivity contribution >= 4 is 40.1 Å². The third kappa shape index (κ3) is 5.54. The summed E-state index contributed by atoms with van der Waals surface area (Å²) in [5, 5.41) is 2.90. The zero-order chi connectivity index (χ0) is 21.5. The van der Waals surface area contributed by atoms with Gasteiger partial charge in [0.2, 0.25) is 11.8 Å². The third-order valence-electron chi connectivity index (χ3n) is 4.42. The molecule has 1 saturated heterocycles. The van der Waals surface area contributed by atoms with E-state index < -0.39 is 5.25 Å². The van der Waals surface area contributed by atoms with E-state index in [-0.39, 0.29) is 18.2 Å². The number of nitrogens with zero attached hydrogens (tertiary/aromatic N) is 2. The average molecular weight is 428 g/mol. The molecule has 1 heterocycles. The number of rotatable bonds is 8. The second-order valence-electron chi connectivity index (χ2n) is 6.72. The summed E-state index contributed by atoms with van der Waals surface area (Å²) in [7, 11) is 3.27. The molecule has 1 atom stereocenters. The van der Waals surface area contributed by atoms with Gasteiger partial charge in [0.25, 0.3) is 0 Å². The zero-order valence-electron chi connectivity index (χ0n) is 17.3. The fourth-order valence-electron chi connectivity index (χ4n) is 2.80. The topological polar surface area (TPSA) is 80.2 Å². The van der Waals surface area contributed by atoms with Gasteiger partial charge in [-0.25, -0.2) is 4.99 Å². The van der Waals surface area contributed by atoms with Crippen LogP contribution in [-0.2, 0) is 9.59 Å². The predicted octanol–water partition coefficient (Wildman–Crippen LogP) is 4.07. The van der Waals surface area contributed by atoms with Gasteiger partial charge in [-0.05, 0) is 55.0 Å². The molecule has 1 unspecified atom stereocenters. The summed E-state index contributed by atoms with van der Waals surface area (Å²) >= 11 is 1.30. The molecule has 0 radical (unpaired) electrons. The Labute approximate surface area is 180 Å². The average Bonchev–Trinajstić information content (AvgIpc) is 3.01. The van der Waals surface area contributed by atoms with Gasteiger partial charge in [-0.2, -0.15) is 0 Å². The predicted molar refractivity (Wildman–Crippen MR) is 120 cm³/mol. The van der Waals surface area contributed by atoms with Gasteiger partial charge in [-0.3, -0.25) is 14.5 Å². The van der Waals surface area contributed by atoms with Crippen LogP contribution in [0.2, 0.25) is 0 Å². The SMILES string of the molecule is CCCOc1ccc(NC(=O)CC2SC(=Nc3ccc(OC)cc3)N(C)C2=O)cc1. The Bertz CT molecular complexity index is 913. The highest BCUT2D eigenvalue weighted by Gasteiger charge is 2.37. The summed E-state index contributed by atoms with van der Waals surface area (Å²) in [6, 6.07) is 14.5. The van der Waals surface area contributed by atoms with E-state index in [1.807, 2.05) is 43.3 Å². The van der Waals surface area contributed by atoms with Crippen LogP contribution in [0.25, 0.3) is 0 Å². The lowest BCUT2D eigenvalue weighted by atomic mass is 10.2. The number of hydrogen-bond acceptors (Lipinski definition) is 6. The zero-order valence-corrected chi connectivity index (χ0v) is 18.1. The quantitative estimate of drug-likeness (QED) is 0.687. The molecular formula is C22H25N3O4S. The lowest BCUT2D eigenvalue weighted by molar-refractivity contribution is -0.127. The first kappa shape index (κ1) is 21.7. The van der Waals surface area contributed by atoms with Crippen LogP contribution >= 0.6 is 11.8 Å². The number of ether oxygens (including phenoxy) is 2. The molecule has 0 aromatic heterocycles. The number of amides is 2. The third-order valence-corrected chi connectivity index (χ3v) is 5.65. The highest BCUT2D eigenvalue weighted by Crippen LogP contribution is 2.31. The number of methoxy groups -OCH3 is 1. The first-order valence-electron chi connectivity index (χ1n) is 9.70. The largest absolute Gasteiger partial charge is 0.497 e. The van der Waals surface area contributed by atoms with E-state index in [9.17, 15) is 9.59 Å². The molecule has 2 amide bonds. The van der Waals surface area contributed by atoms with Gasteiger partial charge in [-0.15, -0.1) is 0 Å². The van der Waals surface area contributed by atoms with Gasteiger partial charge in [-0.1, -0.05) is 18.7 Å². The highest BCUT2D eigenvalue weighted by molar-refractivity contribution is 8.15. The summed E-state index contributed by atoms with van der Waals surface area (Å²) in [6.07, 6.45) is 1.01. The number of thioether (sulfide) groups is 1. The van der Waals surface area contributed by atoms with Crippen molar-refractivity contribution in [2.45, 2.75) is 25.0 Å². The Hall–Kier alpha value is -3.00. The second-order valence-corrected chi connectivity index (χ2v) is 7.89. The summed E-state index contributed by atoms with van der Waals surface area (Å²) in [5.74, 6) is 1.15. The number of anilines is 1. The molecule has 1 N–H and O–H groups in total. The van der Waals surface area contributed by atoms with Gasteiger partial charge >= 0.3 is 0 Å². The number of benzene rings is 2. The standard InChI is InChI=1S/C22H25N3O4S/c1-4-13-29-18-11-7-15(8-12-18)23-20(26)14-19-21(27)25(2)22(30-19)24-16-5-9-17(28-3)10-6-16/h5-12,19H,4,13-14H2,1-3H3,(H,23,26). The van der Waals surface area contributed by atoms with Crippen LogP contribution in [-0.4, -0.2) is 47.9 Å². The second kappa shape index (κ2) is 10.2. The molecule has 7 nitrogen and oxygen atoms in total. The van der Waals surface area contributed by atoms with Crippen molar-refractivity contribution in [1.29, 1.82) is 0 Å². The lowest BCUT2D eigenvalue weighted by Gasteiger charge is -2.10. The number of aliphatic imine (C=N–C) groups is 1. The first-order chi connectivity index (χ1) is 14.5. The van der Waals surface area contributed by atoms with E-state index in [4.69, 9.17) is 9.47 Å². The van der Waals surface area contributed by atoms with E-state index in [2.05, 4.69) is 10.3 Å². The van der Waals surface area contributed by atoms with Crippen molar-refractivity contribution in [1.82, 2.24) is 4.90 Å². The summed E-state index contributed by atoms with van der Waals surface area (Å²) in [4.78, 5) is 31.0. The van der Waals surface area contributed by atoms with Crippen molar-refractivity contribution in [3.05, 3.63) is 48.5 Å². The van der Waals surface area contributed by atoms with Crippen LogP contribution in [0.15, 0.2) is 53.5 Å². The number of carbonyl (C=O) groups is 2. The molecule has 0 spiro atoms. The van der Waals surface area contributed by atoms with Gasteiger partial charge in [0.1, 0.15) is 16.7 Å². The van der Waals surface area contributed by atoms with Gasteiger partial charge in [0.05, 0.1) is 19.4 Å². The van der Waals surface area contributed by atoms with Crippen LogP contribution < -0.4 is 14.8 Å². The molecule has 2 aromatic rings. The molecule has 0 aliphatic carbocycles. The van der Waals surface area contributed by atoms with Gasteiger partial charge in [0.15, 0.2) is 5.17 Å². The van der Waals surface area contributed by atoms with E-state index in [1.165, 1.54) is 16.7 Å². The van der Waals surface area contributed by atoms with Gasteiger partial charge in [0, 0.05) is 19.2 Å². The Morgan fingerprint density at radius 3 is 2.43 bits per heavy atom. The van der Waals surface area contributed by atoms with Crippen LogP contribution in [0, 0.1) is 0 Å². The van der Waals surface area contributed by atoms with Crippen molar-refractivity contribution < 1.29 is 19.1 Å². The van der Waals surface area contributed by atoms with E-state index in [1.54, 1.807) is 26.3 Å². The van der Waals surface area contributed by atoms with Crippen molar-refractivity contribution in [3.63, 3.8) is 0 Å². The minimum atomic E-state index is -0.501. The maximum atomic E-state index is 12.5. The van der Waals surface area contributed by atoms with E-state index in [0.717, 1.165) is 17.9 Å². The maximum Gasteiger partial charge on any atom is 0.242 e. The van der Waals surface area contributed by atoms with Crippen LogP contribution in [0.4, 0.5) is 11.4 Å². The van der Waals surface area contributed by atoms with Crippen LogP contribution in [0.1, 0.15) is 19.8 Å². The maximum absolute atomic E-state index is 12.5. The first-order valence-corrected chi connectivity index (χ1v) is 10.6. The fraction of sp³-hybridized carbons (Fsp3) is 0.318. The lowest BCUT2D eigenvalue weighted by Crippen LogP contribution is -2.30. The van der Waals surface area contributed by atoms with Crippen LogP contribution in [0.5, 0.6) is 11.5 Å². The highest BCUT2D eigenvalue weighted by atomic mass is 32.2. The Morgan fingerprint density at radius 1 is 1.13 bits per heavy atom. The number of nitrogens with one attached hydrogen (secondary N) is 1. The van der Waals surface area contributed by atoms with Crippen molar-refractivity contribution in [3.8, 4) is 11.5 Å². The molecule has 1 fully saturated rings.